The molecule has 25 heavy (non-hydrogen) atoms. The summed E-state index contributed by atoms with van der Waals surface area (Å²) < 4.78 is 2.50. The van der Waals surface area contributed by atoms with E-state index in [1.54, 1.807) is 4.68 Å². The van der Waals surface area contributed by atoms with Gasteiger partial charge in [-0.25, -0.2) is 0 Å². The molecule has 7 heteroatoms. The Kier molecular flexibility index (Phi) is 4.47. The van der Waals surface area contributed by atoms with Gasteiger partial charge in [0.2, 0.25) is 0 Å². The summed E-state index contributed by atoms with van der Waals surface area (Å²) in [6.07, 6.45) is 2.35. The molecule has 1 saturated carbocycles. The number of hydrogen-bond donors (Lipinski definition) is 1. The van der Waals surface area contributed by atoms with Gasteiger partial charge >= 0.3 is 0 Å². The number of rotatable bonds is 4. The van der Waals surface area contributed by atoms with Crippen molar-refractivity contribution < 1.29 is 4.79 Å². The van der Waals surface area contributed by atoms with Crippen molar-refractivity contribution in [3.05, 3.63) is 34.1 Å². The molecule has 0 bridgehead atoms. The molecular weight excluding hydrogens is 382 g/mol. The highest BCUT2D eigenvalue weighted by Crippen LogP contribution is 2.39. The summed E-state index contributed by atoms with van der Waals surface area (Å²) in [6, 6.07) is 5.56. The number of tetrazole rings is 1. The van der Waals surface area contributed by atoms with Gasteiger partial charge in [0.15, 0.2) is 5.82 Å². The molecule has 1 aliphatic carbocycles. The Hall–Kier alpha value is -1.76. The van der Waals surface area contributed by atoms with E-state index in [2.05, 4.69) is 71.4 Å². The Morgan fingerprint density at radius 2 is 1.88 bits per heavy atom. The van der Waals surface area contributed by atoms with Crippen LogP contribution in [0.3, 0.4) is 0 Å². The molecule has 1 fully saturated rings. The van der Waals surface area contributed by atoms with E-state index in [9.17, 15) is 4.79 Å². The van der Waals surface area contributed by atoms with Crippen LogP contribution in [0.4, 0.5) is 0 Å². The average molecular weight is 406 g/mol. The Morgan fingerprint density at radius 3 is 2.48 bits per heavy atom. The van der Waals surface area contributed by atoms with Crippen LogP contribution in [0.2, 0.25) is 0 Å². The number of nitrogens with zero attached hydrogens (tertiary/aromatic N) is 4. The number of benzene rings is 1. The fraction of sp³-hybridized carbons (Fsp3) is 0.556. The zero-order valence-corrected chi connectivity index (χ0v) is 16.9. The van der Waals surface area contributed by atoms with Gasteiger partial charge in [0.05, 0.1) is 5.69 Å². The largest absolute Gasteiger partial charge is 0.347 e. The van der Waals surface area contributed by atoms with Crippen LogP contribution in [0, 0.1) is 5.92 Å². The molecular formula is C18H24BrN5O. The summed E-state index contributed by atoms with van der Waals surface area (Å²) in [7, 11) is 0. The molecule has 2 aromatic rings. The van der Waals surface area contributed by atoms with Crippen LogP contribution in [0.15, 0.2) is 22.7 Å². The first-order valence-corrected chi connectivity index (χ1v) is 9.29. The number of amides is 1. The van der Waals surface area contributed by atoms with Gasteiger partial charge in [0.25, 0.3) is 5.91 Å². The maximum Gasteiger partial charge on any atom is 0.251 e. The molecule has 0 radical (unpaired) electrons. The lowest BCUT2D eigenvalue weighted by molar-refractivity contribution is 0.0903. The zero-order valence-electron chi connectivity index (χ0n) is 15.3. The van der Waals surface area contributed by atoms with Crippen molar-refractivity contribution in [2.45, 2.75) is 58.4 Å². The van der Waals surface area contributed by atoms with E-state index in [0.29, 0.717) is 11.5 Å². The first-order chi connectivity index (χ1) is 11.6. The lowest BCUT2D eigenvalue weighted by Crippen LogP contribution is -2.45. The molecule has 0 saturated heterocycles. The molecule has 6 nitrogen and oxygen atoms in total. The van der Waals surface area contributed by atoms with Crippen LogP contribution >= 0.6 is 15.9 Å². The fourth-order valence-electron chi connectivity index (χ4n) is 2.93. The van der Waals surface area contributed by atoms with Crippen LogP contribution in [0.1, 0.15) is 63.6 Å². The summed E-state index contributed by atoms with van der Waals surface area (Å²) in [5, 5.41) is 15.2. The Balaban J connectivity index is 1.94. The van der Waals surface area contributed by atoms with Crippen LogP contribution in [-0.4, -0.2) is 31.7 Å². The molecule has 3 rings (SSSR count). The first kappa shape index (κ1) is 18.0. The molecule has 1 amide bonds. The van der Waals surface area contributed by atoms with Crippen molar-refractivity contribution in [1.82, 2.24) is 25.5 Å². The van der Waals surface area contributed by atoms with Crippen LogP contribution in [-0.2, 0) is 5.41 Å². The number of carbonyl (C=O) groups is 1. The van der Waals surface area contributed by atoms with Crippen molar-refractivity contribution in [1.29, 1.82) is 0 Å². The standard InChI is InChI=1S/C18H24BrN5O/c1-17(2,3)16-21-22-23-24(16)14-9-11(8-13(19)10-14)15(25)20-18(4,5)12-6-7-12/h8-10,12H,6-7H2,1-5H3,(H,20,25). The third-order valence-corrected chi connectivity index (χ3v) is 5.02. The highest BCUT2D eigenvalue weighted by molar-refractivity contribution is 9.10. The molecule has 0 aliphatic heterocycles. The highest BCUT2D eigenvalue weighted by atomic mass is 79.9. The van der Waals surface area contributed by atoms with Gasteiger partial charge in [-0.05, 0) is 61.2 Å². The Labute approximate surface area is 156 Å². The summed E-state index contributed by atoms with van der Waals surface area (Å²) in [4.78, 5) is 12.8. The topological polar surface area (TPSA) is 72.7 Å². The summed E-state index contributed by atoms with van der Waals surface area (Å²) in [6.45, 7) is 10.3. The van der Waals surface area contributed by atoms with Crippen molar-refractivity contribution in [3.8, 4) is 5.69 Å². The minimum atomic E-state index is -0.206. The number of hydrogen-bond acceptors (Lipinski definition) is 4. The molecule has 134 valence electrons. The van der Waals surface area contributed by atoms with Gasteiger partial charge in [0.1, 0.15) is 0 Å². The third-order valence-electron chi connectivity index (χ3n) is 4.56. The molecule has 1 heterocycles. The molecule has 0 spiro atoms. The smallest absolute Gasteiger partial charge is 0.251 e. The maximum atomic E-state index is 12.8. The molecule has 0 atom stereocenters. The van der Waals surface area contributed by atoms with E-state index >= 15 is 0 Å². The lowest BCUT2D eigenvalue weighted by Gasteiger charge is -2.26. The Morgan fingerprint density at radius 1 is 1.20 bits per heavy atom. The third kappa shape index (κ3) is 3.92. The van der Waals surface area contributed by atoms with Gasteiger partial charge in [-0.15, -0.1) is 5.10 Å². The second-order valence-corrected chi connectivity index (χ2v) is 9.23. The average Bonchev–Trinajstić information content (AvgIpc) is 3.23. The van der Waals surface area contributed by atoms with Gasteiger partial charge in [-0.3, -0.25) is 4.79 Å². The zero-order chi connectivity index (χ0) is 18.4. The monoisotopic (exact) mass is 405 g/mol. The minimum absolute atomic E-state index is 0.0789. The second-order valence-electron chi connectivity index (χ2n) is 8.31. The maximum absolute atomic E-state index is 12.8. The van der Waals surface area contributed by atoms with Crippen LogP contribution < -0.4 is 5.32 Å². The van der Waals surface area contributed by atoms with E-state index in [-0.39, 0.29) is 16.9 Å². The molecule has 1 aromatic heterocycles. The van der Waals surface area contributed by atoms with Crippen molar-refractivity contribution >= 4 is 21.8 Å². The summed E-state index contributed by atoms with van der Waals surface area (Å²) >= 11 is 3.50. The van der Waals surface area contributed by atoms with Gasteiger partial charge in [-0.1, -0.05) is 36.7 Å². The first-order valence-electron chi connectivity index (χ1n) is 8.50. The van der Waals surface area contributed by atoms with E-state index in [4.69, 9.17) is 0 Å². The normalized spacial score (nSPS) is 15.3. The highest BCUT2D eigenvalue weighted by Gasteiger charge is 2.39. The quantitative estimate of drug-likeness (QED) is 0.842. The van der Waals surface area contributed by atoms with Crippen LogP contribution in [0.25, 0.3) is 5.69 Å². The number of halogens is 1. The molecule has 0 unspecified atom stereocenters. The molecule has 1 aliphatic rings. The van der Waals surface area contributed by atoms with Crippen molar-refractivity contribution in [3.63, 3.8) is 0 Å². The summed E-state index contributed by atoms with van der Waals surface area (Å²) in [5.41, 5.74) is 0.958. The summed E-state index contributed by atoms with van der Waals surface area (Å²) in [5.74, 6) is 1.23. The fourth-order valence-corrected chi connectivity index (χ4v) is 3.41. The van der Waals surface area contributed by atoms with E-state index in [1.807, 2.05) is 18.2 Å². The van der Waals surface area contributed by atoms with Crippen LogP contribution in [0.5, 0.6) is 0 Å². The lowest BCUT2D eigenvalue weighted by atomic mass is 9.95. The second kappa shape index (κ2) is 6.20. The van der Waals surface area contributed by atoms with E-state index in [0.717, 1.165) is 16.0 Å². The number of nitrogens with one attached hydrogen (secondary N) is 1. The van der Waals surface area contributed by atoms with Gasteiger partial charge in [-0.2, -0.15) is 4.68 Å². The van der Waals surface area contributed by atoms with Gasteiger partial charge < -0.3 is 5.32 Å². The van der Waals surface area contributed by atoms with Crippen molar-refractivity contribution in [2.24, 2.45) is 5.92 Å². The molecule has 1 aromatic carbocycles. The van der Waals surface area contributed by atoms with Crippen molar-refractivity contribution in [2.75, 3.05) is 0 Å². The Bertz CT molecular complexity index is 802. The van der Waals surface area contributed by atoms with Gasteiger partial charge in [0, 0.05) is 21.0 Å². The predicted octanol–water partition coefficient (Wildman–Crippen LogP) is 3.64. The number of aromatic nitrogens is 4. The minimum Gasteiger partial charge on any atom is -0.347 e. The molecule has 1 N–H and O–H groups in total. The predicted molar refractivity (Wildman–Crippen MR) is 99.8 cm³/mol. The van der Waals surface area contributed by atoms with E-state index in [1.165, 1.54) is 12.8 Å². The SMILES string of the molecule is CC(C)(C)c1nnnn1-c1cc(Br)cc(C(=O)NC(C)(C)C2CC2)c1. The number of carbonyl (C=O) groups excluding carboxylic acids is 1. The van der Waals surface area contributed by atoms with E-state index < -0.39 is 0 Å².